The van der Waals surface area contributed by atoms with E-state index in [2.05, 4.69) is 5.43 Å². The van der Waals surface area contributed by atoms with E-state index in [1.54, 1.807) is 42.7 Å². The molecule has 0 saturated carbocycles. The molecule has 1 aromatic heterocycles. The van der Waals surface area contributed by atoms with Crippen molar-refractivity contribution < 1.29 is 13.2 Å². The van der Waals surface area contributed by atoms with Crippen molar-refractivity contribution in [3.8, 4) is 5.75 Å². The number of thiophene rings is 1. The molecule has 3 aromatic rings. The fraction of sp³-hybridized carbons (Fsp3) is 0.143. The summed E-state index contributed by atoms with van der Waals surface area (Å²) in [5.41, 5.74) is 5.76. The van der Waals surface area contributed by atoms with E-state index >= 15 is 0 Å². The third-order valence-corrected chi connectivity index (χ3v) is 7.24. The molecule has 144 valence electrons. The second kappa shape index (κ2) is 7.43. The average molecular weight is 413 g/mol. The number of ether oxygens (including phenoxy) is 1. The highest BCUT2D eigenvalue weighted by molar-refractivity contribution is 7.89. The minimum Gasteiger partial charge on any atom is -0.497 e. The van der Waals surface area contributed by atoms with Crippen molar-refractivity contribution in [2.45, 2.75) is 17.9 Å². The van der Waals surface area contributed by atoms with Crippen molar-refractivity contribution in [3.05, 3.63) is 88.1 Å². The molecular formula is C21H20N2O3S2. The normalized spacial score (nSPS) is 17.2. The van der Waals surface area contributed by atoms with Crippen LogP contribution in [0.4, 0.5) is 0 Å². The predicted molar refractivity (Wildman–Crippen MR) is 111 cm³/mol. The average Bonchev–Trinajstić information content (AvgIpc) is 3.38. The number of aryl methyl sites for hydroxylation is 1. The van der Waals surface area contributed by atoms with E-state index in [-0.39, 0.29) is 4.90 Å². The highest BCUT2D eigenvalue weighted by atomic mass is 32.2. The lowest BCUT2D eigenvalue weighted by molar-refractivity contribution is 0.347. The van der Waals surface area contributed by atoms with Crippen LogP contribution in [-0.2, 0) is 10.0 Å². The third kappa shape index (κ3) is 3.44. The first-order chi connectivity index (χ1) is 13.5. The summed E-state index contributed by atoms with van der Waals surface area (Å²) in [7, 11) is -2.14. The van der Waals surface area contributed by atoms with E-state index in [4.69, 9.17) is 4.74 Å². The van der Waals surface area contributed by atoms with Gasteiger partial charge in [0.2, 0.25) is 0 Å². The molecule has 0 saturated heterocycles. The van der Waals surface area contributed by atoms with E-state index < -0.39 is 16.1 Å². The van der Waals surface area contributed by atoms with Gasteiger partial charge in [-0.15, -0.1) is 15.8 Å². The highest BCUT2D eigenvalue weighted by Crippen LogP contribution is 2.36. The number of benzene rings is 2. The minimum atomic E-state index is -3.75. The van der Waals surface area contributed by atoms with Gasteiger partial charge < -0.3 is 10.2 Å². The lowest BCUT2D eigenvalue weighted by Gasteiger charge is -2.25. The predicted octanol–water partition coefficient (Wildman–Crippen LogP) is 4.36. The van der Waals surface area contributed by atoms with Gasteiger partial charge in [0.25, 0.3) is 10.0 Å². The van der Waals surface area contributed by atoms with Crippen molar-refractivity contribution in [2.24, 2.45) is 0 Å². The Labute approximate surface area is 168 Å². The van der Waals surface area contributed by atoms with E-state index in [1.165, 1.54) is 4.41 Å². The van der Waals surface area contributed by atoms with Crippen LogP contribution in [0.15, 0.2) is 77.0 Å². The molecule has 1 aliphatic rings. The monoisotopic (exact) mass is 412 g/mol. The Hall–Kier alpha value is -2.61. The van der Waals surface area contributed by atoms with Crippen LogP contribution >= 0.6 is 11.3 Å². The number of hydrogen-bond donors (Lipinski definition) is 1. The molecule has 7 heteroatoms. The van der Waals surface area contributed by atoms with Gasteiger partial charge in [-0.05, 0) is 54.3 Å². The van der Waals surface area contributed by atoms with Gasteiger partial charge in [0, 0.05) is 0 Å². The maximum Gasteiger partial charge on any atom is 0.260 e. The zero-order valence-electron chi connectivity index (χ0n) is 15.5. The number of methoxy groups -OCH3 is 1. The van der Waals surface area contributed by atoms with Gasteiger partial charge >= 0.3 is 0 Å². The summed E-state index contributed by atoms with van der Waals surface area (Å²) in [5, 5.41) is 1.97. The molecule has 4 rings (SSSR count). The standard InChI is InChI=1S/C21H20N2O3S2/c1-15-5-11-18(12-6-15)28(24,25)23-20(16-7-9-17(26-2)10-8-16)14-19(22-23)21-4-3-13-27-21/h3-14,20,22H,1-2H3/t20-/m0/s1. The van der Waals surface area contributed by atoms with Crippen LogP contribution in [0, 0.1) is 6.92 Å². The maximum absolute atomic E-state index is 13.4. The fourth-order valence-corrected chi connectivity index (χ4v) is 5.20. The second-order valence-electron chi connectivity index (χ2n) is 6.50. The van der Waals surface area contributed by atoms with Gasteiger partial charge in [-0.3, -0.25) is 0 Å². The summed E-state index contributed by atoms with van der Waals surface area (Å²) in [4.78, 5) is 1.24. The van der Waals surface area contributed by atoms with Gasteiger partial charge in [0.1, 0.15) is 5.75 Å². The Bertz CT molecular complexity index is 1090. The highest BCUT2D eigenvalue weighted by Gasteiger charge is 2.37. The van der Waals surface area contributed by atoms with E-state index in [0.29, 0.717) is 0 Å². The number of nitrogens with zero attached hydrogens (tertiary/aromatic N) is 1. The quantitative estimate of drug-likeness (QED) is 0.677. The van der Waals surface area contributed by atoms with Gasteiger partial charge in [-0.2, -0.15) is 0 Å². The zero-order chi connectivity index (χ0) is 19.7. The summed E-state index contributed by atoms with van der Waals surface area (Å²) in [5.74, 6) is 0.727. The van der Waals surface area contributed by atoms with Crippen LogP contribution in [0.5, 0.6) is 5.75 Å². The van der Waals surface area contributed by atoms with Crippen molar-refractivity contribution in [1.29, 1.82) is 0 Å². The van der Waals surface area contributed by atoms with Crippen molar-refractivity contribution in [3.63, 3.8) is 0 Å². The van der Waals surface area contributed by atoms with Crippen molar-refractivity contribution in [1.82, 2.24) is 9.84 Å². The summed E-state index contributed by atoms with van der Waals surface area (Å²) >= 11 is 1.56. The molecular weight excluding hydrogens is 392 g/mol. The van der Waals surface area contributed by atoms with Gasteiger partial charge in [0.05, 0.1) is 28.6 Å². The van der Waals surface area contributed by atoms with Gasteiger partial charge in [-0.1, -0.05) is 35.9 Å². The summed E-state index contributed by atoms with van der Waals surface area (Å²) < 4.78 is 33.3. The molecule has 0 amide bonds. The van der Waals surface area contributed by atoms with Crippen LogP contribution in [0.3, 0.4) is 0 Å². The Kier molecular flexibility index (Phi) is 4.97. The summed E-state index contributed by atoms with van der Waals surface area (Å²) in [6, 6.07) is 17.8. The molecule has 1 aliphatic heterocycles. The second-order valence-corrected chi connectivity index (χ2v) is 9.26. The Morgan fingerprint density at radius 2 is 1.75 bits per heavy atom. The first-order valence-electron chi connectivity index (χ1n) is 8.76. The number of hydrogen-bond acceptors (Lipinski definition) is 5. The molecule has 2 heterocycles. The van der Waals surface area contributed by atoms with Crippen LogP contribution in [-0.4, -0.2) is 19.9 Å². The molecule has 0 aliphatic carbocycles. The Balaban J connectivity index is 1.76. The van der Waals surface area contributed by atoms with E-state index in [0.717, 1.165) is 27.5 Å². The molecule has 0 unspecified atom stereocenters. The van der Waals surface area contributed by atoms with Gasteiger partial charge in [0.15, 0.2) is 0 Å². The molecule has 1 atom stereocenters. The van der Waals surface area contributed by atoms with E-state index in [1.807, 2.05) is 54.8 Å². The molecule has 2 aromatic carbocycles. The smallest absolute Gasteiger partial charge is 0.260 e. The summed E-state index contributed by atoms with van der Waals surface area (Å²) in [6.45, 7) is 1.93. The van der Waals surface area contributed by atoms with E-state index in [9.17, 15) is 8.42 Å². The van der Waals surface area contributed by atoms with Crippen LogP contribution in [0.25, 0.3) is 5.70 Å². The number of rotatable bonds is 5. The molecule has 0 radical (unpaired) electrons. The van der Waals surface area contributed by atoms with Crippen LogP contribution in [0.2, 0.25) is 0 Å². The zero-order valence-corrected chi connectivity index (χ0v) is 17.1. The SMILES string of the molecule is COc1ccc([C@@H]2C=C(c3cccs3)NN2S(=O)(=O)c2ccc(C)cc2)cc1. The molecule has 28 heavy (non-hydrogen) atoms. The Morgan fingerprint density at radius 3 is 2.36 bits per heavy atom. The molecule has 0 bridgehead atoms. The maximum atomic E-state index is 13.4. The molecule has 0 spiro atoms. The van der Waals surface area contributed by atoms with Crippen LogP contribution in [0.1, 0.15) is 22.0 Å². The lowest BCUT2D eigenvalue weighted by Crippen LogP contribution is -2.39. The van der Waals surface area contributed by atoms with Crippen molar-refractivity contribution in [2.75, 3.05) is 7.11 Å². The molecule has 0 fully saturated rings. The lowest BCUT2D eigenvalue weighted by atomic mass is 10.1. The third-order valence-electron chi connectivity index (χ3n) is 4.63. The topological polar surface area (TPSA) is 58.6 Å². The Morgan fingerprint density at radius 1 is 1.04 bits per heavy atom. The molecule has 1 N–H and O–H groups in total. The van der Waals surface area contributed by atoms with Gasteiger partial charge in [-0.25, -0.2) is 8.42 Å². The largest absolute Gasteiger partial charge is 0.497 e. The minimum absolute atomic E-state index is 0.255. The summed E-state index contributed by atoms with van der Waals surface area (Å²) in [6.07, 6.45) is 1.94. The number of sulfonamides is 1. The number of hydrazine groups is 1. The molecule has 5 nitrogen and oxygen atoms in total. The van der Waals surface area contributed by atoms with Crippen molar-refractivity contribution >= 4 is 27.1 Å². The fourth-order valence-electron chi connectivity index (χ4n) is 3.09. The first-order valence-corrected chi connectivity index (χ1v) is 11.1. The van der Waals surface area contributed by atoms with Crippen LogP contribution < -0.4 is 10.2 Å². The number of nitrogens with one attached hydrogen (secondary N) is 1. The first kappa shape index (κ1) is 18.7.